The number of aryl methyl sites for hydroxylation is 1. The molecule has 0 bridgehead atoms. The van der Waals surface area contributed by atoms with Crippen molar-refractivity contribution >= 4 is 32.8 Å². The number of halogens is 1. The van der Waals surface area contributed by atoms with Crippen molar-refractivity contribution in [2.45, 2.75) is 13.8 Å². The fourth-order valence-corrected chi connectivity index (χ4v) is 2.62. The SMILES string of the molecule is CCOC(=O)c1cnc2c(Br)cc(C)cc2c1OC. The van der Waals surface area contributed by atoms with Crippen molar-refractivity contribution < 1.29 is 14.3 Å². The van der Waals surface area contributed by atoms with Gasteiger partial charge in [0.15, 0.2) is 0 Å². The van der Waals surface area contributed by atoms with Gasteiger partial charge in [-0.2, -0.15) is 0 Å². The largest absolute Gasteiger partial charge is 0.495 e. The van der Waals surface area contributed by atoms with Gasteiger partial charge in [-0.15, -0.1) is 0 Å². The Kier molecular flexibility index (Phi) is 4.04. The number of fused-ring (bicyclic) bond motifs is 1. The standard InChI is InChI=1S/C14H14BrNO3/c1-4-19-14(17)10-7-16-12-9(13(10)18-3)5-8(2)6-11(12)15/h5-7H,4H2,1-3H3. The van der Waals surface area contributed by atoms with Gasteiger partial charge in [0.05, 0.1) is 19.2 Å². The first-order chi connectivity index (χ1) is 9.08. The highest BCUT2D eigenvalue weighted by atomic mass is 79.9. The van der Waals surface area contributed by atoms with E-state index >= 15 is 0 Å². The van der Waals surface area contributed by atoms with Gasteiger partial charge >= 0.3 is 5.97 Å². The molecule has 1 heterocycles. The molecule has 0 aliphatic rings. The zero-order chi connectivity index (χ0) is 14.0. The monoisotopic (exact) mass is 323 g/mol. The van der Waals surface area contributed by atoms with Gasteiger partial charge in [0.1, 0.15) is 11.3 Å². The van der Waals surface area contributed by atoms with E-state index in [9.17, 15) is 4.79 Å². The number of methoxy groups -OCH3 is 1. The van der Waals surface area contributed by atoms with Crippen molar-refractivity contribution in [1.82, 2.24) is 4.98 Å². The number of carbonyl (C=O) groups excluding carboxylic acids is 1. The average molecular weight is 324 g/mol. The van der Waals surface area contributed by atoms with E-state index in [0.29, 0.717) is 17.9 Å². The van der Waals surface area contributed by atoms with Gasteiger partial charge in [0, 0.05) is 16.1 Å². The number of esters is 1. The molecule has 100 valence electrons. The number of hydrogen-bond acceptors (Lipinski definition) is 4. The number of ether oxygens (including phenoxy) is 2. The van der Waals surface area contributed by atoms with E-state index in [2.05, 4.69) is 20.9 Å². The van der Waals surface area contributed by atoms with Gasteiger partial charge < -0.3 is 9.47 Å². The molecule has 0 saturated heterocycles. The Bertz CT molecular complexity index is 640. The molecule has 0 saturated carbocycles. The Morgan fingerprint density at radius 1 is 1.42 bits per heavy atom. The Hall–Kier alpha value is -1.62. The minimum Gasteiger partial charge on any atom is -0.495 e. The minimum atomic E-state index is -0.425. The van der Waals surface area contributed by atoms with Crippen LogP contribution in [0, 0.1) is 6.92 Å². The molecule has 19 heavy (non-hydrogen) atoms. The number of pyridine rings is 1. The van der Waals surface area contributed by atoms with E-state index in [0.717, 1.165) is 20.9 Å². The van der Waals surface area contributed by atoms with Crippen LogP contribution in [-0.4, -0.2) is 24.7 Å². The molecule has 0 N–H and O–H groups in total. The second kappa shape index (κ2) is 5.57. The summed E-state index contributed by atoms with van der Waals surface area (Å²) in [6, 6.07) is 3.91. The molecular formula is C14H14BrNO3. The Morgan fingerprint density at radius 2 is 2.16 bits per heavy atom. The maximum Gasteiger partial charge on any atom is 0.343 e. The van der Waals surface area contributed by atoms with Crippen LogP contribution in [0.5, 0.6) is 5.75 Å². The summed E-state index contributed by atoms with van der Waals surface area (Å²) < 4.78 is 11.3. The molecule has 5 heteroatoms. The first kappa shape index (κ1) is 13.8. The van der Waals surface area contributed by atoms with Crippen molar-refractivity contribution in [3.8, 4) is 5.75 Å². The second-order valence-corrected chi connectivity index (χ2v) is 4.92. The summed E-state index contributed by atoms with van der Waals surface area (Å²) in [7, 11) is 1.54. The van der Waals surface area contributed by atoms with E-state index in [1.54, 1.807) is 6.92 Å². The molecular weight excluding hydrogens is 310 g/mol. The minimum absolute atomic E-state index is 0.317. The first-order valence-electron chi connectivity index (χ1n) is 5.88. The van der Waals surface area contributed by atoms with Crippen LogP contribution >= 0.6 is 15.9 Å². The Morgan fingerprint density at radius 3 is 2.79 bits per heavy atom. The molecule has 0 spiro atoms. The second-order valence-electron chi connectivity index (χ2n) is 4.07. The molecule has 0 unspecified atom stereocenters. The predicted octanol–water partition coefficient (Wildman–Crippen LogP) is 3.49. The Balaban J connectivity index is 2.72. The van der Waals surface area contributed by atoms with Crippen LogP contribution in [0.15, 0.2) is 22.8 Å². The lowest BCUT2D eigenvalue weighted by Crippen LogP contribution is -2.08. The number of benzene rings is 1. The summed E-state index contributed by atoms with van der Waals surface area (Å²) in [6.07, 6.45) is 1.49. The van der Waals surface area contributed by atoms with Crippen LogP contribution in [0.1, 0.15) is 22.8 Å². The summed E-state index contributed by atoms with van der Waals surface area (Å²) >= 11 is 3.47. The van der Waals surface area contributed by atoms with E-state index < -0.39 is 5.97 Å². The highest BCUT2D eigenvalue weighted by molar-refractivity contribution is 9.10. The molecule has 2 rings (SSSR count). The van der Waals surface area contributed by atoms with E-state index in [1.165, 1.54) is 13.3 Å². The third kappa shape index (κ3) is 2.56. The van der Waals surface area contributed by atoms with E-state index in [1.807, 2.05) is 19.1 Å². The zero-order valence-electron chi connectivity index (χ0n) is 11.0. The lowest BCUT2D eigenvalue weighted by molar-refractivity contribution is 0.0522. The van der Waals surface area contributed by atoms with Gasteiger partial charge in [-0.25, -0.2) is 4.79 Å². The van der Waals surface area contributed by atoms with Crippen LogP contribution in [0.3, 0.4) is 0 Å². The van der Waals surface area contributed by atoms with Crippen LogP contribution in [0.4, 0.5) is 0 Å². The van der Waals surface area contributed by atoms with Crippen molar-refractivity contribution in [1.29, 1.82) is 0 Å². The molecule has 0 amide bonds. The zero-order valence-corrected chi connectivity index (χ0v) is 12.6. The quantitative estimate of drug-likeness (QED) is 0.811. The predicted molar refractivity (Wildman–Crippen MR) is 76.7 cm³/mol. The average Bonchev–Trinajstić information content (AvgIpc) is 2.37. The smallest absolute Gasteiger partial charge is 0.343 e. The molecule has 0 radical (unpaired) electrons. The van der Waals surface area contributed by atoms with Crippen molar-refractivity contribution in [2.24, 2.45) is 0 Å². The maximum atomic E-state index is 11.9. The van der Waals surface area contributed by atoms with Gasteiger partial charge in [-0.3, -0.25) is 4.98 Å². The summed E-state index contributed by atoms with van der Waals surface area (Å²) in [5.41, 5.74) is 2.16. The van der Waals surface area contributed by atoms with Gasteiger partial charge in [0.2, 0.25) is 0 Å². The fourth-order valence-electron chi connectivity index (χ4n) is 1.95. The van der Waals surface area contributed by atoms with Crippen LogP contribution in [-0.2, 0) is 4.74 Å². The third-order valence-corrected chi connectivity index (χ3v) is 3.32. The fraction of sp³-hybridized carbons (Fsp3) is 0.286. The van der Waals surface area contributed by atoms with Crippen molar-refractivity contribution in [3.05, 3.63) is 33.9 Å². The highest BCUT2D eigenvalue weighted by Crippen LogP contribution is 2.33. The number of nitrogens with zero attached hydrogens (tertiary/aromatic N) is 1. The van der Waals surface area contributed by atoms with E-state index in [-0.39, 0.29) is 0 Å². The molecule has 0 aliphatic carbocycles. The molecule has 4 nitrogen and oxygen atoms in total. The van der Waals surface area contributed by atoms with Gasteiger partial charge in [-0.1, -0.05) is 0 Å². The van der Waals surface area contributed by atoms with Gasteiger partial charge in [-0.05, 0) is 47.5 Å². The molecule has 1 aromatic heterocycles. The summed E-state index contributed by atoms with van der Waals surface area (Å²) in [5.74, 6) is 0.0687. The summed E-state index contributed by atoms with van der Waals surface area (Å²) in [5, 5.41) is 0.792. The highest BCUT2D eigenvalue weighted by Gasteiger charge is 2.18. The lowest BCUT2D eigenvalue weighted by Gasteiger charge is -2.11. The molecule has 0 atom stereocenters. The van der Waals surface area contributed by atoms with Crippen LogP contribution in [0.2, 0.25) is 0 Å². The van der Waals surface area contributed by atoms with Crippen LogP contribution < -0.4 is 4.74 Å². The maximum absolute atomic E-state index is 11.9. The molecule has 1 aromatic carbocycles. The van der Waals surface area contributed by atoms with Crippen molar-refractivity contribution in [2.75, 3.05) is 13.7 Å². The van der Waals surface area contributed by atoms with Crippen molar-refractivity contribution in [3.63, 3.8) is 0 Å². The van der Waals surface area contributed by atoms with Gasteiger partial charge in [0.25, 0.3) is 0 Å². The number of hydrogen-bond donors (Lipinski definition) is 0. The molecule has 0 aliphatic heterocycles. The number of carbonyl (C=O) groups is 1. The van der Waals surface area contributed by atoms with E-state index in [4.69, 9.17) is 9.47 Å². The third-order valence-electron chi connectivity index (χ3n) is 2.72. The topological polar surface area (TPSA) is 48.4 Å². The molecule has 2 aromatic rings. The normalized spacial score (nSPS) is 10.5. The first-order valence-corrected chi connectivity index (χ1v) is 6.67. The lowest BCUT2D eigenvalue weighted by atomic mass is 10.1. The summed E-state index contributed by atoms with van der Waals surface area (Å²) in [4.78, 5) is 16.2. The summed E-state index contributed by atoms with van der Waals surface area (Å²) in [6.45, 7) is 4.05. The molecule has 0 fully saturated rings. The number of aromatic nitrogens is 1. The van der Waals surface area contributed by atoms with Crippen LogP contribution in [0.25, 0.3) is 10.9 Å². The number of rotatable bonds is 3. The Labute approximate surface area is 119 Å².